The van der Waals surface area contributed by atoms with E-state index in [-0.39, 0.29) is 0 Å². The van der Waals surface area contributed by atoms with Crippen LogP contribution in [-0.4, -0.2) is 20.4 Å². The summed E-state index contributed by atoms with van der Waals surface area (Å²) >= 11 is 4.53. The van der Waals surface area contributed by atoms with Crippen LogP contribution in [0.15, 0.2) is 9.85 Å². The number of aromatic nitrogens is 4. The number of nitrogens with one attached hydrogen (secondary N) is 1. The first-order chi connectivity index (χ1) is 6.88. The highest BCUT2D eigenvalue weighted by molar-refractivity contribution is 8.00. The number of hydrogen-bond acceptors (Lipinski definition) is 9. The van der Waals surface area contributed by atoms with Crippen LogP contribution in [0.25, 0.3) is 0 Å². The number of nitrogens with zero attached hydrogens (tertiary/aromatic N) is 4. The molecule has 2 aromatic heterocycles. The van der Waals surface area contributed by atoms with Crippen molar-refractivity contribution in [3.05, 3.63) is 10.5 Å². The summed E-state index contributed by atoms with van der Waals surface area (Å²) in [6.45, 7) is 0. The van der Waals surface area contributed by atoms with E-state index < -0.39 is 0 Å². The van der Waals surface area contributed by atoms with Gasteiger partial charge in [0.2, 0.25) is 5.13 Å². The molecule has 0 saturated heterocycles. The van der Waals surface area contributed by atoms with Crippen molar-refractivity contribution in [2.75, 3.05) is 5.43 Å². The normalized spacial score (nSPS) is 10.4. The van der Waals surface area contributed by atoms with Gasteiger partial charge in [-0.25, -0.2) is 5.84 Å². The molecule has 0 spiro atoms. The second-order valence-electron chi connectivity index (χ2n) is 2.14. The van der Waals surface area contributed by atoms with Crippen LogP contribution in [0.5, 0.6) is 0 Å². The molecule has 3 N–H and O–H groups in total. The zero-order valence-corrected chi connectivity index (χ0v) is 9.32. The largest absolute Gasteiger partial charge is 0.298 e. The first-order valence-electron chi connectivity index (χ1n) is 3.56. The van der Waals surface area contributed by atoms with E-state index in [1.54, 1.807) is 17.3 Å². The SMILES string of the molecule is NNc1nnc(CSc2nncs2)s1. The monoisotopic (exact) mass is 246 g/mol. The van der Waals surface area contributed by atoms with E-state index in [2.05, 4.69) is 25.8 Å². The molecule has 2 rings (SSSR count). The van der Waals surface area contributed by atoms with Crippen molar-refractivity contribution < 1.29 is 0 Å². The molecule has 0 fully saturated rings. The molecule has 0 amide bonds. The van der Waals surface area contributed by atoms with Gasteiger partial charge in [0, 0.05) is 0 Å². The van der Waals surface area contributed by atoms with Gasteiger partial charge >= 0.3 is 0 Å². The van der Waals surface area contributed by atoms with E-state index in [9.17, 15) is 0 Å². The number of nitrogen functional groups attached to an aromatic ring is 1. The molecule has 0 unspecified atom stereocenters. The third-order valence-electron chi connectivity index (χ3n) is 1.25. The molecule has 0 saturated carbocycles. The fourth-order valence-electron chi connectivity index (χ4n) is 0.720. The highest BCUT2D eigenvalue weighted by atomic mass is 32.2. The standard InChI is InChI=1S/C5H6N6S3/c6-8-4-10-9-3(14-4)1-12-5-11-7-2-13-5/h2H,1,6H2,(H,8,10). The Balaban J connectivity index is 1.92. The van der Waals surface area contributed by atoms with E-state index >= 15 is 0 Å². The zero-order valence-electron chi connectivity index (χ0n) is 6.88. The van der Waals surface area contributed by atoms with Gasteiger partial charge in [-0.2, -0.15) is 0 Å². The summed E-state index contributed by atoms with van der Waals surface area (Å²) in [5, 5.41) is 17.0. The summed E-state index contributed by atoms with van der Waals surface area (Å²) in [7, 11) is 0. The molecule has 9 heteroatoms. The van der Waals surface area contributed by atoms with Crippen molar-refractivity contribution >= 4 is 39.6 Å². The third kappa shape index (κ3) is 2.38. The molecule has 6 nitrogen and oxygen atoms in total. The third-order valence-corrected chi connectivity index (χ3v) is 4.16. The molecule has 0 aromatic carbocycles. The molecule has 0 aliphatic rings. The first-order valence-corrected chi connectivity index (χ1v) is 6.24. The number of hydrazine groups is 1. The van der Waals surface area contributed by atoms with E-state index in [1.165, 1.54) is 22.7 Å². The number of nitrogens with two attached hydrogens (primary N) is 1. The van der Waals surface area contributed by atoms with Gasteiger partial charge in [0.05, 0.1) is 5.75 Å². The Labute approximate surface area is 91.9 Å². The molecule has 0 bridgehead atoms. The Kier molecular flexibility index (Phi) is 3.24. The van der Waals surface area contributed by atoms with Gasteiger partial charge in [-0.15, -0.1) is 20.4 Å². The number of thioether (sulfide) groups is 1. The molecule has 0 aliphatic carbocycles. The zero-order chi connectivity index (χ0) is 9.80. The second kappa shape index (κ2) is 4.64. The predicted molar refractivity (Wildman–Crippen MR) is 57.2 cm³/mol. The average Bonchev–Trinajstić information content (AvgIpc) is 2.86. The summed E-state index contributed by atoms with van der Waals surface area (Å²) in [4.78, 5) is 0. The van der Waals surface area contributed by atoms with Crippen LogP contribution in [0.2, 0.25) is 0 Å². The number of rotatable bonds is 4. The Bertz CT molecular complexity index is 384. The van der Waals surface area contributed by atoms with Crippen LogP contribution < -0.4 is 11.3 Å². The quantitative estimate of drug-likeness (QED) is 0.472. The molecule has 2 heterocycles. The van der Waals surface area contributed by atoms with Crippen molar-refractivity contribution in [1.29, 1.82) is 0 Å². The van der Waals surface area contributed by atoms with Crippen molar-refractivity contribution in [3.8, 4) is 0 Å². The number of hydrogen-bond donors (Lipinski definition) is 2. The van der Waals surface area contributed by atoms with Crippen molar-refractivity contribution in [2.24, 2.45) is 5.84 Å². The Morgan fingerprint density at radius 1 is 1.43 bits per heavy atom. The molecule has 74 valence electrons. The van der Waals surface area contributed by atoms with Gasteiger partial charge in [-0.1, -0.05) is 34.4 Å². The Hall–Kier alpha value is -0.770. The van der Waals surface area contributed by atoms with Crippen molar-refractivity contribution in [3.63, 3.8) is 0 Å². The molecule has 0 atom stereocenters. The summed E-state index contributed by atoms with van der Waals surface area (Å²) in [5.74, 6) is 5.93. The minimum atomic E-state index is 0.623. The van der Waals surface area contributed by atoms with Crippen molar-refractivity contribution in [1.82, 2.24) is 20.4 Å². The van der Waals surface area contributed by atoms with E-state index in [0.717, 1.165) is 15.1 Å². The lowest BCUT2D eigenvalue weighted by Gasteiger charge is -1.89. The fourth-order valence-corrected chi connectivity index (χ4v) is 2.84. The van der Waals surface area contributed by atoms with E-state index in [4.69, 9.17) is 5.84 Å². The molecular formula is C5H6N6S3. The second-order valence-corrected chi connectivity index (χ2v) is 5.26. The Morgan fingerprint density at radius 3 is 3.00 bits per heavy atom. The Morgan fingerprint density at radius 2 is 2.36 bits per heavy atom. The lowest BCUT2D eigenvalue weighted by Crippen LogP contribution is -2.05. The fraction of sp³-hybridized carbons (Fsp3) is 0.200. The molecule has 0 radical (unpaired) electrons. The highest BCUT2D eigenvalue weighted by Gasteiger charge is 2.04. The first kappa shape index (κ1) is 9.77. The van der Waals surface area contributed by atoms with Crippen LogP contribution in [0.1, 0.15) is 5.01 Å². The van der Waals surface area contributed by atoms with Gasteiger partial charge in [-0.3, -0.25) is 5.43 Å². The summed E-state index contributed by atoms with van der Waals surface area (Å²) in [6.07, 6.45) is 0. The van der Waals surface area contributed by atoms with Gasteiger partial charge < -0.3 is 0 Å². The maximum atomic E-state index is 5.18. The van der Waals surface area contributed by atoms with E-state index in [1.807, 2.05) is 0 Å². The highest BCUT2D eigenvalue weighted by Crippen LogP contribution is 2.25. The summed E-state index contributed by atoms with van der Waals surface area (Å²) < 4.78 is 0.933. The van der Waals surface area contributed by atoms with Gasteiger partial charge in [0.1, 0.15) is 10.5 Å². The average molecular weight is 246 g/mol. The van der Waals surface area contributed by atoms with Crippen LogP contribution in [0.3, 0.4) is 0 Å². The van der Waals surface area contributed by atoms with Crippen LogP contribution >= 0.6 is 34.4 Å². The summed E-state index contributed by atoms with van der Waals surface area (Å²) in [6, 6.07) is 0. The molecular weight excluding hydrogens is 240 g/mol. The summed E-state index contributed by atoms with van der Waals surface area (Å²) in [5.41, 5.74) is 4.15. The van der Waals surface area contributed by atoms with Crippen LogP contribution in [0.4, 0.5) is 5.13 Å². The minimum Gasteiger partial charge on any atom is -0.298 e. The predicted octanol–water partition coefficient (Wildman–Crippen LogP) is 0.968. The van der Waals surface area contributed by atoms with Gasteiger partial charge in [0.25, 0.3) is 0 Å². The maximum Gasteiger partial charge on any atom is 0.219 e. The van der Waals surface area contributed by atoms with Gasteiger partial charge in [0.15, 0.2) is 4.34 Å². The van der Waals surface area contributed by atoms with Crippen molar-refractivity contribution in [2.45, 2.75) is 10.1 Å². The lowest BCUT2D eigenvalue weighted by atomic mass is 10.9. The lowest BCUT2D eigenvalue weighted by molar-refractivity contribution is 1.00. The van der Waals surface area contributed by atoms with Crippen LogP contribution in [0, 0.1) is 0 Å². The molecule has 2 aromatic rings. The molecule has 14 heavy (non-hydrogen) atoms. The van der Waals surface area contributed by atoms with E-state index in [0.29, 0.717) is 5.13 Å². The topological polar surface area (TPSA) is 89.6 Å². The molecule has 0 aliphatic heterocycles. The van der Waals surface area contributed by atoms with Gasteiger partial charge in [-0.05, 0) is 0 Å². The smallest absolute Gasteiger partial charge is 0.219 e. The van der Waals surface area contributed by atoms with Crippen LogP contribution in [-0.2, 0) is 5.75 Å². The minimum absolute atomic E-state index is 0.623. The number of anilines is 1. The maximum absolute atomic E-state index is 5.18.